The van der Waals surface area contributed by atoms with Crippen LogP contribution in [-0.4, -0.2) is 25.5 Å². The molecule has 0 unspecified atom stereocenters. The van der Waals surface area contributed by atoms with Crippen LogP contribution in [0.1, 0.15) is 35.7 Å². The molecule has 1 aromatic rings. The summed E-state index contributed by atoms with van der Waals surface area (Å²) in [5.74, 6) is 0.0235. The molecule has 0 bridgehead atoms. The molecule has 3 nitrogen and oxygen atoms in total. The average molecular weight is 362 g/mol. The van der Waals surface area contributed by atoms with Crippen LogP contribution in [0.15, 0.2) is 22.7 Å². The molecule has 1 aliphatic rings. The van der Waals surface area contributed by atoms with Gasteiger partial charge in [0.05, 0.1) is 0 Å². The van der Waals surface area contributed by atoms with Crippen LogP contribution in [0.5, 0.6) is 0 Å². The highest BCUT2D eigenvalue weighted by molar-refractivity contribution is 9.10. The summed E-state index contributed by atoms with van der Waals surface area (Å²) < 4.78 is 1.04. The highest BCUT2D eigenvalue weighted by atomic mass is 79.9. The number of halogens is 2. The van der Waals surface area contributed by atoms with Crippen LogP contribution in [0.25, 0.3) is 0 Å². The molecule has 20 heavy (non-hydrogen) atoms. The summed E-state index contributed by atoms with van der Waals surface area (Å²) in [5, 5.41) is 6.43. The van der Waals surface area contributed by atoms with E-state index in [2.05, 4.69) is 33.5 Å². The molecule has 112 valence electrons. The van der Waals surface area contributed by atoms with Crippen LogP contribution >= 0.6 is 28.3 Å². The lowest BCUT2D eigenvalue weighted by atomic mass is 9.81. The second-order valence-corrected chi connectivity index (χ2v) is 6.56. The number of rotatable bonds is 3. The van der Waals surface area contributed by atoms with Gasteiger partial charge in [-0.15, -0.1) is 12.4 Å². The predicted octanol–water partition coefficient (Wildman–Crippen LogP) is 3.30. The lowest BCUT2D eigenvalue weighted by molar-refractivity contribution is 0.0922. The number of amides is 1. The minimum atomic E-state index is 0. The van der Waals surface area contributed by atoms with Crippen molar-refractivity contribution >= 4 is 34.2 Å². The van der Waals surface area contributed by atoms with Gasteiger partial charge in [-0.2, -0.15) is 0 Å². The van der Waals surface area contributed by atoms with Crippen LogP contribution in [0.4, 0.5) is 0 Å². The molecule has 2 rings (SSSR count). The Labute approximate surface area is 135 Å². The predicted molar refractivity (Wildman–Crippen MR) is 88.7 cm³/mol. The number of hydrogen-bond donors (Lipinski definition) is 2. The molecule has 0 saturated carbocycles. The maximum Gasteiger partial charge on any atom is 0.251 e. The molecule has 2 N–H and O–H groups in total. The van der Waals surface area contributed by atoms with Crippen molar-refractivity contribution in [3.63, 3.8) is 0 Å². The Morgan fingerprint density at radius 3 is 2.65 bits per heavy atom. The number of carbonyl (C=O) groups is 1. The average Bonchev–Trinajstić information content (AvgIpc) is 2.40. The van der Waals surface area contributed by atoms with Crippen LogP contribution < -0.4 is 10.6 Å². The number of nitrogens with one attached hydrogen (secondary N) is 2. The Morgan fingerprint density at radius 2 is 2.05 bits per heavy atom. The van der Waals surface area contributed by atoms with E-state index in [0.29, 0.717) is 0 Å². The number of aryl methyl sites for hydroxylation is 1. The zero-order chi connectivity index (χ0) is 13.9. The summed E-state index contributed by atoms with van der Waals surface area (Å²) in [6, 6.07) is 5.71. The molecule has 0 aliphatic carbocycles. The molecule has 5 heteroatoms. The fourth-order valence-electron chi connectivity index (χ4n) is 2.39. The van der Waals surface area contributed by atoms with Crippen molar-refractivity contribution in [2.24, 2.45) is 5.41 Å². The van der Waals surface area contributed by atoms with Gasteiger partial charge in [-0.3, -0.25) is 4.79 Å². The van der Waals surface area contributed by atoms with Crippen LogP contribution in [0.2, 0.25) is 0 Å². The third-order valence-corrected chi connectivity index (χ3v) is 4.80. The summed E-state index contributed by atoms with van der Waals surface area (Å²) in [4.78, 5) is 12.2. The highest BCUT2D eigenvalue weighted by Crippen LogP contribution is 2.26. The zero-order valence-corrected chi connectivity index (χ0v) is 14.4. The van der Waals surface area contributed by atoms with Gasteiger partial charge in [-0.05, 0) is 62.0 Å². The first-order chi connectivity index (χ1) is 9.00. The van der Waals surface area contributed by atoms with Gasteiger partial charge >= 0.3 is 0 Å². The van der Waals surface area contributed by atoms with Crippen molar-refractivity contribution in [1.82, 2.24) is 10.6 Å². The van der Waals surface area contributed by atoms with E-state index in [0.717, 1.165) is 48.1 Å². The monoisotopic (exact) mass is 360 g/mol. The van der Waals surface area contributed by atoms with Gasteiger partial charge in [0.2, 0.25) is 0 Å². The van der Waals surface area contributed by atoms with Crippen molar-refractivity contribution in [2.75, 3.05) is 19.6 Å². The minimum absolute atomic E-state index is 0. The van der Waals surface area contributed by atoms with E-state index < -0.39 is 0 Å². The molecule has 0 atom stereocenters. The van der Waals surface area contributed by atoms with Crippen molar-refractivity contribution < 1.29 is 4.79 Å². The topological polar surface area (TPSA) is 41.1 Å². The maximum atomic E-state index is 12.2. The Hall–Kier alpha value is -0.580. The van der Waals surface area contributed by atoms with Crippen molar-refractivity contribution in [3.05, 3.63) is 33.8 Å². The van der Waals surface area contributed by atoms with Crippen LogP contribution in [0.3, 0.4) is 0 Å². The lowest BCUT2D eigenvalue weighted by Gasteiger charge is -2.34. The second-order valence-electron chi connectivity index (χ2n) is 5.71. The molecule has 1 fully saturated rings. The van der Waals surface area contributed by atoms with Gasteiger partial charge in [0.15, 0.2) is 0 Å². The molecule has 1 saturated heterocycles. The standard InChI is InChI=1S/C15H21BrN2O.ClH/c1-11-9-12(3-4-13(11)16)14(19)18-10-15(2)5-7-17-8-6-15;/h3-4,9,17H,5-8,10H2,1-2H3,(H,18,19);1H. The van der Waals surface area contributed by atoms with Crippen molar-refractivity contribution in [2.45, 2.75) is 26.7 Å². The van der Waals surface area contributed by atoms with Gasteiger partial charge < -0.3 is 10.6 Å². The van der Waals surface area contributed by atoms with E-state index >= 15 is 0 Å². The molecular weight excluding hydrogens is 340 g/mol. The Balaban J connectivity index is 0.00000200. The fraction of sp³-hybridized carbons (Fsp3) is 0.533. The van der Waals surface area contributed by atoms with Gasteiger partial charge in [-0.25, -0.2) is 0 Å². The molecule has 0 spiro atoms. The third-order valence-electron chi connectivity index (χ3n) is 3.91. The van der Waals surface area contributed by atoms with Crippen molar-refractivity contribution in [1.29, 1.82) is 0 Å². The quantitative estimate of drug-likeness (QED) is 0.867. The molecule has 1 aliphatic heterocycles. The summed E-state index contributed by atoms with van der Waals surface area (Å²) in [6.07, 6.45) is 2.24. The van der Waals surface area contributed by atoms with Gasteiger partial charge in [0.1, 0.15) is 0 Å². The first-order valence-electron chi connectivity index (χ1n) is 6.75. The first-order valence-corrected chi connectivity index (χ1v) is 7.55. The molecule has 0 aromatic heterocycles. The van der Waals surface area contributed by atoms with E-state index in [9.17, 15) is 4.79 Å². The number of hydrogen-bond acceptors (Lipinski definition) is 2. The Bertz CT molecular complexity index is 473. The summed E-state index contributed by atoms with van der Waals surface area (Å²) in [5.41, 5.74) is 2.05. The van der Waals surface area contributed by atoms with Crippen LogP contribution in [-0.2, 0) is 0 Å². The largest absolute Gasteiger partial charge is 0.351 e. The smallest absolute Gasteiger partial charge is 0.251 e. The lowest BCUT2D eigenvalue weighted by Crippen LogP contribution is -2.42. The normalized spacial score (nSPS) is 17.1. The molecular formula is C15H22BrClN2O. The molecule has 1 heterocycles. The Kier molecular flexibility index (Phi) is 6.49. The molecule has 1 aromatic carbocycles. The number of carbonyl (C=O) groups excluding carboxylic acids is 1. The van der Waals surface area contributed by atoms with E-state index in [1.165, 1.54) is 0 Å². The van der Waals surface area contributed by atoms with E-state index in [-0.39, 0.29) is 23.7 Å². The summed E-state index contributed by atoms with van der Waals surface area (Å²) in [6.45, 7) is 7.09. The van der Waals surface area contributed by atoms with Crippen LogP contribution in [0, 0.1) is 12.3 Å². The number of benzene rings is 1. The third kappa shape index (κ3) is 4.47. The summed E-state index contributed by atoms with van der Waals surface area (Å²) in [7, 11) is 0. The van der Waals surface area contributed by atoms with Crippen molar-refractivity contribution in [3.8, 4) is 0 Å². The van der Waals surface area contributed by atoms with Gasteiger partial charge in [-0.1, -0.05) is 22.9 Å². The minimum Gasteiger partial charge on any atom is -0.351 e. The summed E-state index contributed by atoms with van der Waals surface area (Å²) >= 11 is 3.45. The molecule has 1 amide bonds. The second kappa shape index (κ2) is 7.43. The van der Waals surface area contributed by atoms with E-state index in [1.807, 2.05) is 25.1 Å². The van der Waals surface area contributed by atoms with E-state index in [4.69, 9.17) is 0 Å². The number of piperidine rings is 1. The first kappa shape index (κ1) is 17.5. The molecule has 0 radical (unpaired) electrons. The van der Waals surface area contributed by atoms with E-state index in [1.54, 1.807) is 0 Å². The van der Waals surface area contributed by atoms with Gasteiger partial charge in [0.25, 0.3) is 5.91 Å². The Morgan fingerprint density at radius 1 is 1.40 bits per heavy atom. The SMILES string of the molecule is Cc1cc(C(=O)NCC2(C)CCNCC2)ccc1Br.Cl. The van der Waals surface area contributed by atoms with Gasteiger partial charge in [0, 0.05) is 16.6 Å². The zero-order valence-electron chi connectivity index (χ0n) is 12.0. The highest BCUT2D eigenvalue weighted by Gasteiger charge is 2.27. The maximum absolute atomic E-state index is 12.2. The fourth-order valence-corrected chi connectivity index (χ4v) is 2.64.